The average molecular weight is 367 g/mol. The fourth-order valence-electron chi connectivity index (χ4n) is 2.95. The van der Waals surface area contributed by atoms with Gasteiger partial charge in [0.1, 0.15) is 16.3 Å². The summed E-state index contributed by atoms with van der Waals surface area (Å²) in [6, 6.07) is 4.74. The van der Waals surface area contributed by atoms with E-state index < -0.39 is 0 Å². The highest BCUT2D eigenvalue weighted by molar-refractivity contribution is 9.10. The maximum absolute atomic E-state index is 13.5. The lowest BCUT2D eigenvalue weighted by atomic mass is 10.0. The van der Waals surface area contributed by atoms with Gasteiger partial charge in [0.15, 0.2) is 0 Å². The first-order chi connectivity index (χ1) is 10.1. The molecule has 1 N–H and O–H groups in total. The highest BCUT2D eigenvalue weighted by atomic mass is 79.9. The monoisotopic (exact) mass is 366 g/mol. The van der Waals surface area contributed by atoms with Gasteiger partial charge in [-0.15, -0.1) is 0 Å². The van der Waals surface area contributed by atoms with E-state index in [0.717, 1.165) is 34.1 Å². The number of hydrogen-bond acceptors (Lipinski definition) is 2. The number of aryl methyl sites for hydroxylation is 1. The predicted molar refractivity (Wildman–Crippen MR) is 88.5 cm³/mol. The minimum Gasteiger partial charge on any atom is -0.342 e. The van der Waals surface area contributed by atoms with Gasteiger partial charge in [0, 0.05) is 17.2 Å². The molecule has 1 aromatic carbocycles. The third kappa shape index (κ3) is 2.94. The largest absolute Gasteiger partial charge is 0.342 e. The standard InChI is InChI=1S/C16H16BrFN2S/c1-9-6-7-11(18)8-12(9)15-19-14(10-4-2-3-5-10)13(17)16(21)20-15/h6-8,10H,2-5H2,1H3,(H,19,20,21). The topological polar surface area (TPSA) is 28.7 Å². The number of halogens is 2. The smallest absolute Gasteiger partial charge is 0.144 e. The number of H-pyrrole nitrogens is 1. The lowest BCUT2D eigenvalue weighted by Gasteiger charge is -2.15. The molecule has 110 valence electrons. The maximum Gasteiger partial charge on any atom is 0.144 e. The number of aromatic nitrogens is 2. The van der Waals surface area contributed by atoms with Crippen LogP contribution in [0.25, 0.3) is 11.4 Å². The Labute approximate surface area is 137 Å². The van der Waals surface area contributed by atoms with Gasteiger partial charge in [-0.1, -0.05) is 31.1 Å². The van der Waals surface area contributed by atoms with Crippen LogP contribution in [0.1, 0.15) is 42.9 Å². The van der Waals surface area contributed by atoms with Crippen molar-refractivity contribution in [1.82, 2.24) is 9.97 Å². The maximum atomic E-state index is 13.5. The highest BCUT2D eigenvalue weighted by Gasteiger charge is 2.22. The van der Waals surface area contributed by atoms with E-state index in [9.17, 15) is 4.39 Å². The number of nitrogens with zero attached hydrogens (tertiary/aromatic N) is 1. The molecule has 2 nitrogen and oxygen atoms in total. The van der Waals surface area contributed by atoms with Crippen LogP contribution in [0.2, 0.25) is 0 Å². The molecule has 0 saturated heterocycles. The molecule has 1 aromatic heterocycles. The summed E-state index contributed by atoms with van der Waals surface area (Å²) >= 11 is 8.93. The van der Waals surface area contributed by atoms with Gasteiger partial charge in [-0.05, 0) is 53.4 Å². The molecule has 0 bridgehead atoms. The molecule has 1 saturated carbocycles. The molecular formula is C16H16BrFN2S. The summed E-state index contributed by atoms with van der Waals surface area (Å²) in [6.45, 7) is 1.95. The quantitative estimate of drug-likeness (QED) is 0.693. The molecule has 1 aliphatic carbocycles. The summed E-state index contributed by atoms with van der Waals surface area (Å²) in [7, 11) is 0. The first kappa shape index (κ1) is 14.9. The van der Waals surface area contributed by atoms with E-state index in [2.05, 4.69) is 25.9 Å². The van der Waals surface area contributed by atoms with Crippen LogP contribution in [0.4, 0.5) is 4.39 Å². The van der Waals surface area contributed by atoms with Crippen molar-refractivity contribution in [3.05, 3.63) is 44.4 Å². The summed E-state index contributed by atoms with van der Waals surface area (Å²) in [6.07, 6.45) is 4.81. The molecule has 0 unspecified atom stereocenters. The van der Waals surface area contributed by atoms with Crippen LogP contribution < -0.4 is 0 Å². The van der Waals surface area contributed by atoms with Crippen LogP contribution in [-0.2, 0) is 0 Å². The molecule has 0 atom stereocenters. The molecule has 1 fully saturated rings. The number of rotatable bonds is 2. The van der Waals surface area contributed by atoms with E-state index in [1.54, 1.807) is 6.07 Å². The van der Waals surface area contributed by atoms with Gasteiger partial charge >= 0.3 is 0 Å². The second-order valence-corrected chi connectivity index (χ2v) is 6.74. The van der Waals surface area contributed by atoms with Crippen molar-refractivity contribution in [1.29, 1.82) is 0 Å². The molecule has 2 aromatic rings. The predicted octanol–water partition coefficient (Wildman–Crippen LogP) is 5.67. The van der Waals surface area contributed by atoms with Gasteiger partial charge in [-0.2, -0.15) is 0 Å². The molecule has 0 spiro atoms. The number of hydrogen-bond donors (Lipinski definition) is 1. The molecule has 1 aliphatic rings. The van der Waals surface area contributed by atoms with Crippen molar-refractivity contribution in [2.75, 3.05) is 0 Å². The summed E-state index contributed by atoms with van der Waals surface area (Å²) in [4.78, 5) is 7.81. The Balaban J connectivity index is 2.15. The van der Waals surface area contributed by atoms with Crippen LogP contribution >= 0.6 is 28.1 Å². The summed E-state index contributed by atoms with van der Waals surface area (Å²) < 4.78 is 15.0. The Morgan fingerprint density at radius 2 is 2.05 bits per heavy atom. The lowest BCUT2D eigenvalue weighted by molar-refractivity contribution is 0.627. The summed E-state index contributed by atoms with van der Waals surface area (Å²) in [5.41, 5.74) is 2.85. The van der Waals surface area contributed by atoms with Gasteiger partial charge in [-0.25, -0.2) is 9.37 Å². The Morgan fingerprint density at radius 3 is 2.76 bits per heavy atom. The Morgan fingerprint density at radius 1 is 1.33 bits per heavy atom. The second kappa shape index (κ2) is 5.97. The van der Waals surface area contributed by atoms with E-state index >= 15 is 0 Å². The molecule has 5 heteroatoms. The zero-order valence-corrected chi connectivity index (χ0v) is 14.2. The van der Waals surface area contributed by atoms with Crippen LogP contribution in [0.15, 0.2) is 22.7 Å². The second-order valence-electron chi connectivity index (χ2n) is 5.56. The van der Waals surface area contributed by atoms with Gasteiger partial charge < -0.3 is 4.98 Å². The molecular weight excluding hydrogens is 351 g/mol. The van der Waals surface area contributed by atoms with Crippen molar-refractivity contribution in [3.63, 3.8) is 0 Å². The molecule has 1 heterocycles. The fraction of sp³-hybridized carbons (Fsp3) is 0.375. The number of benzene rings is 1. The highest BCUT2D eigenvalue weighted by Crippen LogP contribution is 2.37. The normalized spacial score (nSPS) is 15.6. The molecule has 21 heavy (non-hydrogen) atoms. The molecule has 0 amide bonds. The van der Waals surface area contributed by atoms with Crippen LogP contribution in [0, 0.1) is 17.4 Å². The Bertz CT molecular complexity index is 736. The average Bonchev–Trinajstić information content (AvgIpc) is 2.98. The van der Waals surface area contributed by atoms with Gasteiger partial charge in [-0.3, -0.25) is 0 Å². The van der Waals surface area contributed by atoms with E-state index in [1.807, 2.05) is 6.92 Å². The zero-order valence-electron chi connectivity index (χ0n) is 11.7. The minimum absolute atomic E-state index is 0.262. The van der Waals surface area contributed by atoms with Crippen molar-refractivity contribution in [2.24, 2.45) is 0 Å². The first-order valence-electron chi connectivity index (χ1n) is 7.12. The number of aromatic amines is 1. The lowest BCUT2D eigenvalue weighted by Crippen LogP contribution is -2.03. The third-order valence-corrected chi connectivity index (χ3v) is 5.47. The van der Waals surface area contributed by atoms with Crippen LogP contribution in [0.3, 0.4) is 0 Å². The SMILES string of the molecule is Cc1ccc(F)cc1-c1nc(=S)c(Br)c(C2CCCC2)[nH]1. The summed E-state index contributed by atoms with van der Waals surface area (Å²) in [5.74, 6) is 0.876. The third-order valence-electron chi connectivity index (χ3n) is 4.11. The Hall–Kier alpha value is -1.07. The summed E-state index contributed by atoms with van der Waals surface area (Å²) in [5, 5.41) is 0. The van der Waals surface area contributed by atoms with Gasteiger partial charge in [0.25, 0.3) is 0 Å². The zero-order chi connectivity index (χ0) is 15.0. The van der Waals surface area contributed by atoms with Crippen molar-refractivity contribution >= 4 is 28.1 Å². The first-order valence-corrected chi connectivity index (χ1v) is 8.32. The van der Waals surface area contributed by atoms with E-state index in [1.165, 1.54) is 25.0 Å². The minimum atomic E-state index is -0.262. The Kier molecular flexibility index (Phi) is 4.22. The van der Waals surface area contributed by atoms with Gasteiger partial charge in [0.2, 0.25) is 0 Å². The van der Waals surface area contributed by atoms with Gasteiger partial charge in [0.05, 0.1) is 4.47 Å². The molecule has 3 rings (SSSR count). The molecule has 0 aliphatic heterocycles. The molecule has 0 radical (unpaired) electrons. The van der Waals surface area contributed by atoms with Crippen LogP contribution in [0.5, 0.6) is 0 Å². The number of nitrogens with one attached hydrogen (secondary N) is 1. The van der Waals surface area contributed by atoms with Crippen LogP contribution in [-0.4, -0.2) is 9.97 Å². The van der Waals surface area contributed by atoms with E-state index in [-0.39, 0.29) is 5.82 Å². The van der Waals surface area contributed by atoms with Crippen molar-refractivity contribution < 1.29 is 4.39 Å². The van der Waals surface area contributed by atoms with Crippen molar-refractivity contribution in [3.8, 4) is 11.4 Å². The van der Waals surface area contributed by atoms with E-state index in [4.69, 9.17) is 12.2 Å². The van der Waals surface area contributed by atoms with E-state index in [0.29, 0.717) is 16.4 Å². The van der Waals surface area contributed by atoms with Crippen molar-refractivity contribution in [2.45, 2.75) is 38.5 Å². The fourth-order valence-corrected chi connectivity index (χ4v) is 3.66.